The van der Waals surface area contributed by atoms with Crippen LogP contribution >= 0.6 is 0 Å². The normalized spacial score (nSPS) is 11.4. The quantitative estimate of drug-likeness (QED) is 0.454. The minimum absolute atomic E-state index is 0.696. The summed E-state index contributed by atoms with van der Waals surface area (Å²) >= 11 is 0. The van der Waals surface area contributed by atoms with Crippen LogP contribution in [0.15, 0.2) is 54.9 Å². The molecule has 29 heavy (non-hydrogen) atoms. The van der Waals surface area contributed by atoms with E-state index < -0.39 is 0 Å². The molecule has 2 aromatic carbocycles. The van der Waals surface area contributed by atoms with Crippen LogP contribution in [0.3, 0.4) is 0 Å². The zero-order valence-corrected chi connectivity index (χ0v) is 16.8. The molecule has 5 aromatic rings. The first-order valence-corrected chi connectivity index (χ1v) is 9.52. The molecular formula is C23H21N5O. The third kappa shape index (κ3) is 2.60. The molecule has 0 aliphatic heterocycles. The maximum Gasteiger partial charge on any atom is 0.182 e. The maximum atomic E-state index is 5.59. The van der Waals surface area contributed by atoms with Crippen LogP contribution in [0.2, 0.25) is 0 Å². The van der Waals surface area contributed by atoms with Crippen LogP contribution in [0, 0.1) is 20.8 Å². The predicted molar refractivity (Wildman–Crippen MR) is 114 cm³/mol. The molecule has 6 nitrogen and oxygen atoms in total. The average molecular weight is 383 g/mol. The highest BCUT2D eigenvalue weighted by molar-refractivity contribution is 5.95. The number of para-hydroxylation sites is 2. The Kier molecular flexibility index (Phi) is 3.87. The zero-order chi connectivity index (χ0) is 20.1. The number of hydrogen-bond acceptors (Lipinski definition) is 4. The molecule has 0 amide bonds. The van der Waals surface area contributed by atoms with Gasteiger partial charge in [-0.2, -0.15) is 0 Å². The summed E-state index contributed by atoms with van der Waals surface area (Å²) in [5, 5.41) is 5.66. The van der Waals surface area contributed by atoms with Crippen LogP contribution in [0.4, 0.5) is 0 Å². The summed E-state index contributed by atoms with van der Waals surface area (Å²) in [7, 11) is 1.69. The summed E-state index contributed by atoms with van der Waals surface area (Å²) in [6.45, 7) is 6.27. The summed E-state index contributed by atoms with van der Waals surface area (Å²) < 4.78 is 9.48. The first-order chi connectivity index (χ1) is 14.1. The number of fused-ring (bicyclic) bond motifs is 3. The Bertz CT molecular complexity index is 1360. The fourth-order valence-electron chi connectivity index (χ4n) is 3.79. The standard InChI is InChI=1S/C23H21N5O/c1-14-9-11-17(12-10-14)21-25-23-20-15(2)16(3)28(22(20)24-13-27(23)26-21)18-7-5-6-8-19(18)29-4/h5-13H,1-4H3. The van der Waals surface area contributed by atoms with Gasteiger partial charge in [0.25, 0.3) is 0 Å². The van der Waals surface area contributed by atoms with Crippen molar-refractivity contribution in [3.05, 3.63) is 71.7 Å². The number of benzene rings is 2. The van der Waals surface area contributed by atoms with Gasteiger partial charge in [0.2, 0.25) is 0 Å². The van der Waals surface area contributed by atoms with Crippen molar-refractivity contribution >= 4 is 16.7 Å². The van der Waals surface area contributed by atoms with Crippen molar-refractivity contribution < 1.29 is 4.74 Å². The van der Waals surface area contributed by atoms with E-state index in [4.69, 9.17) is 14.7 Å². The summed E-state index contributed by atoms with van der Waals surface area (Å²) in [6, 6.07) is 16.2. The number of rotatable bonds is 3. The van der Waals surface area contributed by atoms with E-state index in [1.165, 1.54) is 5.56 Å². The van der Waals surface area contributed by atoms with Gasteiger partial charge < -0.3 is 4.74 Å². The molecule has 0 atom stereocenters. The third-order valence-electron chi connectivity index (χ3n) is 5.47. The molecule has 0 aliphatic rings. The lowest BCUT2D eigenvalue weighted by atomic mass is 10.1. The molecule has 0 unspecified atom stereocenters. The summed E-state index contributed by atoms with van der Waals surface area (Å²) in [5.74, 6) is 1.50. The van der Waals surface area contributed by atoms with Gasteiger partial charge in [-0.1, -0.05) is 42.0 Å². The van der Waals surface area contributed by atoms with Gasteiger partial charge in [0.05, 0.1) is 18.2 Å². The third-order valence-corrected chi connectivity index (χ3v) is 5.47. The Morgan fingerprint density at radius 3 is 2.41 bits per heavy atom. The summed E-state index contributed by atoms with van der Waals surface area (Å²) in [4.78, 5) is 9.59. The van der Waals surface area contributed by atoms with Crippen molar-refractivity contribution in [2.45, 2.75) is 20.8 Å². The molecule has 0 radical (unpaired) electrons. The number of ether oxygens (including phenoxy) is 1. The molecule has 3 heterocycles. The van der Waals surface area contributed by atoms with Gasteiger partial charge in [0.1, 0.15) is 12.1 Å². The second-order valence-corrected chi connectivity index (χ2v) is 7.23. The largest absolute Gasteiger partial charge is 0.495 e. The van der Waals surface area contributed by atoms with Crippen LogP contribution in [-0.2, 0) is 0 Å². The SMILES string of the molecule is COc1ccccc1-n1c(C)c(C)c2c1ncn1nc(-c3ccc(C)cc3)nc21. The smallest absolute Gasteiger partial charge is 0.182 e. The summed E-state index contributed by atoms with van der Waals surface area (Å²) in [6.07, 6.45) is 1.73. The molecule has 0 N–H and O–H groups in total. The van der Waals surface area contributed by atoms with Crippen LogP contribution < -0.4 is 4.74 Å². The highest BCUT2D eigenvalue weighted by atomic mass is 16.5. The molecule has 5 rings (SSSR count). The molecule has 0 fully saturated rings. The Balaban J connectivity index is 1.79. The molecule has 0 bridgehead atoms. The van der Waals surface area contributed by atoms with Crippen molar-refractivity contribution in [3.63, 3.8) is 0 Å². The van der Waals surface area contributed by atoms with E-state index in [1.807, 2.05) is 36.4 Å². The number of methoxy groups -OCH3 is 1. The number of nitrogens with zero attached hydrogens (tertiary/aromatic N) is 5. The number of aromatic nitrogens is 5. The van der Waals surface area contributed by atoms with Gasteiger partial charge in [-0.15, -0.1) is 5.10 Å². The van der Waals surface area contributed by atoms with Crippen molar-refractivity contribution in [1.29, 1.82) is 0 Å². The lowest BCUT2D eigenvalue weighted by molar-refractivity contribution is 0.413. The maximum absolute atomic E-state index is 5.59. The zero-order valence-electron chi connectivity index (χ0n) is 16.8. The Hall–Kier alpha value is -3.67. The minimum Gasteiger partial charge on any atom is -0.495 e. The Labute approximate surface area is 168 Å². The van der Waals surface area contributed by atoms with E-state index in [1.54, 1.807) is 18.0 Å². The minimum atomic E-state index is 0.696. The van der Waals surface area contributed by atoms with E-state index in [0.717, 1.165) is 44.9 Å². The van der Waals surface area contributed by atoms with Crippen molar-refractivity contribution in [2.75, 3.05) is 7.11 Å². The number of hydrogen-bond donors (Lipinski definition) is 0. The van der Waals surface area contributed by atoms with Gasteiger partial charge in [0, 0.05) is 11.3 Å². The van der Waals surface area contributed by atoms with Gasteiger partial charge in [-0.25, -0.2) is 14.5 Å². The van der Waals surface area contributed by atoms with Gasteiger partial charge in [0.15, 0.2) is 17.1 Å². The molecule has 0 saturated carbocycles. The monoisotopic (exact) mass is 383 g/mol. The first kappa shape index (κ1) is 17.4. The highest BCUT2D eigenvalue weighted by Crippen LogP contribution is 2.33. The van der Waals surface area contributed by atoms with Gasteiger partial charge >= 0.3 is 0 Å². The van der Waals surface area contributed by atoms with Crippen LogP contribution in [0.1, 0.15) is 16.8 Å². The number of aryl methyl sites for hydroxylation is 2. The molecule has 0 saturated heterocycles. The first-order valence-electron chi connectivity index (χ1n) is 9.52. The van der Waals surface area contributed by atoms with Crippen molar-refractivity contribution in [3.8, 4) is 22.8 Å². The second kappa shape index (κ2) is 6.44. The van der Waals surface area contributed by atoms with E-state index >= 15 is 0 Å². The highest BCUT2D eigenvalue weighted by Gasteiger charge is 2.20. The molecule has 6 heteroatoms. The van der Waals surface area contributed by atoms with Crippen molar-refractivity contribution in [2.24, 2.45) is 0 Å². The molecule has 0 aliphatic carbocycles. The Morgan fingerprint density at radius 2 is 1.66 bits per heavy atom. The molecule has 144 valence electrons. The fraction of sp³-hybridized carbons (Fsp3) is 0.174. The van der Waals surface area contributed by atoms with E-state index in [-0.39, 0.29) is 0 Å². The lowest BCUT2D eigenvalue weighted by Crippen LogP contribution is -2.01. The lowest BCUT2D eigenvalue weighted by Gasteiger charge is -2.12. The van der Waals surface area contributed by atoms with E-state index in [2.05, 4.69) is 42.6 Å². The molecule has 0 spiro atoms. The topological polar surface area (TPSA) is 57.2 Å². The van der Waals surface area contributed by atoms with Crippen LogP contribution in [0.25, 0.3) is 33.8 Å². The van der Waals surface area contributed by atoms with Crippen LogP contribution in [-0.4, -0.2) is 31.3 Å². The van der Waals surface area contributed by atoms with E-state index in [9.17, 15) is 0 Å². The predicted octanol–water partition coefficient (Wildman–Crippen LogP) is 4.67. The van der Waals surface area contributed by atoms with E-state index in [0.29, 0.717) is 5.82 Å². The average Bonchev–Trinajstić information content (AvgIpc) is 3.28. The molecular weight excluding hydrogens is 362 g/mol. The Morgan fingerprint density at radius 1 is 0.897 bits per heavy atom. The van der Waals surface area contributed by atoms with Crippen molar-refractivity contribution in [1.82, 2.24) is 24.1 Å². The van der Waals surface area contributed by atoms with Crippen LogP contribution in [0.5, 0.6) is 5.75 Å². The second-order valence-electron chi connectivity index (χ2n) is 7.23. The molecule has 3 aromatic heterocycles. The van der Waals surface area contributed by atoms with Gasteiger partial charge in [-0.05, 0) is 38.5 Å². The summed E-state index contributed by atoms with van der Waals surface area (Å²) in [5.41, 5.74) is 7.05. The van der Waals surface area contributed by atoms with Gasteiger partial charge in [-0.3, -0.25) is 4.57 Å². The fourth-order valence-corrected chi connectivity index (χ4v) is 3.79.